The number of carbonyl (C=O) groups excluding carboxylic acids is 2. The zero-order valence-electron chi connectivity index (χ0n) is 56.7. The number of Topliss-reactive ketones (excluding diaryl/α,β-unsaturated/α-hetero) is 2. The van der Waals surface area contributed by atoms with Crippen LogP contribution < -0.4 is 54.7 Å². The molecule has 492 valence electrons. The quantitative estimate of drug-likeness (QED) is 0.131. The van der Waals surface area contributed by atoms with Gasteiger partial charge in [-0.1, -0.05) is 111 Å². The molecular weight excluding hydrogens is 1230 g/mol. The van der Waals surface area contributed by atoms with Crippen molar-refractivity contribution in [3.63, 3.8) is 0 Å². The van der Waals surface area contributed by atoms with Crippen LogP contribution in [0.1, 0.15) is 138 Å². The summed E-state index contributed by atoms with van der Waals surface area (Å²) in [5, 5.41) is 20.3. The van der Waals surface area contributed by atoms with Gasteiger partial charge in [-0.05, 0) is 90.4 Å². The van der Waals surface area contributed by atoms with Crippen molar-refractivity contribution in [1.29, 1.82) is 0 Å². The van der Waals surface area contributed by atoms with Crippen molar-refractivity contribution in [2.24, 2.45) is 56.2 Å². The van der Waals surface area contributed by atoms with Crippen LogP contribution in [0, 0.1) is 69.3 Å². The second-order valence-electron chi connectivity index (χ2n) is 29.3. The first kappa shape index (κ1) is 74.1. The Labute approximate surface area is 582 Å². The van der Waals surface area contributed by atoms with Gasteiger partial charge in [0.15, 0.2) is 5.78 Å². The van der Waals surface area contributed by atoms with Gasteiger partial charge >= 0.3 is 29.6 Å². The van der Waals surface area contributed by atoms with Gasteiger partial charge < -0.3 is 43.8 Å². The number of hydrogen-bond acceptors (Lipinski definition) is 19. The van der Waals surface area contributed by atoms with E-state index in [1.807, 2.05) is 52.4 Å². The number of rotatable bonds is 3. The van der Waals surface area contributed by atoms with E-state index in [1.165, 1.54) is 23.7 Å². The molecule has 1 saturated carbocycles. The van der Waals surface area contributed by atoms with Crippen LogP contribution in [0.2, 0.25) is 5.15 Å². The fourth-order valence-corrected chi connectivity index (χ4v) is 18.0. The summed E-state index contributed by atoms with van der Waals surface area (Å²) in [6.45, 7) is 48.7. The Morgan fingerprint density at radius 1 is 0.559 bits per heavy atom. The molecule has 6 aromatic rings. The average molecular weight is 1320 g/mol. The molecule has 0 spiro atoms. The monoisotopic (exact) mass is 1320 g/mol. The Hall–Kier alpha value is -6.30. The normalized spacial score (nSPS) is 29.2. The fraction of sp³-hybridized carbons (Fsp3) is 0.594. The van der Waals surface area contributed by atoms with E-state index in [-0.39, 0.29) is 92.2 Å². The molecule has 0 aromatic carbocycles. The van der Waals surface area contributed by atoms with Crippen molar-refractivity contribution < 1.29 is 53.3 Å². The number of halogens is 2. The third-order valence-electron chi connectivity index (χ3n) is 21.6. The smallest absolute Gasteiger partial charge is 0.857 e. The Kier molecular flexibility index (Phi) is 23.7. The predicted molar refractivity (Wildman–Crippen MR) is 354 cm³/mol. The summed E-state index contributed by atoms with van der Waals surface area (Å²) in [5.41, 5.74) is 2.44. The molecule has 4 saturated heterocycles. The number of aromatic nitrogens is 10. The number of nitrogens with zero attached hydrogens (tertiary/aromatic N) is 15. The summed E-state index contributed by atoms with van der Waals surface area (Å²) in [5.74, 6) is 6.89. The minimum atomic E-state index is -0.502. The Morgan fingerprint density at radius 3 is 1.44 bits per heavy atom. The van der Waals surface area contributed by atoms with Crippen molar-refractivity contribution in [3.05, 3.63) is 149 Å². The second-order valence-corrected chi connectivity index (χ2v) is 29.7. The van der Waals surface area contributed by atoms with Gasteiger partial charge in [-0.2, -0.15) is 7.11 Å². The minimum Gasteiger partial charge on any atom is -0.857 e. The van der Waals surface area contributed by atoms with Crippen LogP contribution in [0.25, 0.3) is 9.69 Å². The molecule has 1 N–H and O–H groups in total. The maximum absolute atomic E-state index is 12.6. The Bertz CT molecular complexity index is 3590. The summed E-state index contributed by atoms with van der Waals surface area (Å²) < 4.78 is 11.1. The van der Waals surface area contributed by atoms with Crippen LogP contribution in [0.5, 0.6) is 0 Å². The van der Waals surface area contributed by atoms with Crippen LogP contribution in [-0.4, -0.2) is 127 Å². The van der Waals surface area contributed by atoms with Crippen molar-refractivity contribution >= 4 is 53.0 Å². The van der Waals surface area contributed by atoms with E-state index in [0.717, 1.165) is 121 Å². The molecule has 93 heavy (non-hydrogen) atoms. The number of anilines is 3. The molecule has 21 nitrogen and oxygen atoms in total. The molecule has 4 aliphatic heterocycles. The van der Waals surface area contributed by atoms with Crippen molar-refractivity contribution in [3.8, 4) is 0 Å². The third-order valence-corrected chi connectivity index (χ3v) is 21.8. The standard InChI is InChI=1S/2C17H22N4O.C17H20N4O.C13H20N2O.C4H3ClN2.CH3O.ClH.Na/c1-16(2)13-4-7-21(14-10-18-5-6-19-14)11-17(13,3)8-12-9-20-22-15(12)16;2*1-16(2)13-5-8-21(14-10-19-6-7-20-14)11-17(13,3)9-12(18-4)15(16)22;1-12(2)10-4-5-14-8-13(10,3)6-9-7-15-16-11(9)12;5-4-3-6-1-2-7-4;1-2;;/h5-6,9-10,13H,4,7-8,11H2,1-3H3;6-7,10,12-13H,5,8-9,11H2,1-3H3;6-7,9-10,13H,5,8,11H2,1-3H3;7,10,14H,4-6,8H2,1-3H3;1-3H;1H3;1H;/q;;;;;-1;;+1/t13?,17-;12?,13?,17-;13-,17+;10?,13-;;;;/m0010..../s1. The first-order valence-corrected chi connectivity index (χ1v) is 32.1. The Balaban J connectivity index is 0.000000168. The zero-order valence-corrected chi connectivity index (χ0v) is 60.3. The number of carbonyl (C=O) groups is 2. The van der Waals surface area contributed by atoms with E-state index < -0.39 is 16.9 Å². The fourth-order valence-electron chi connectivity index (χ4n) is 17.9. The zero-order chi connectivity index (χ0) is 65.8. The number of ketones is 2. The van der Waals surface area contributed by atoms with E-state index in [4.69, 9.17) is 38.9 Å². The number of fused-ring (bicyclic) bond motifs is 6. The molecule has 24 heteroatoms. The molecule has 4 aliphatic carbocycles. The van der Waals surface area contributed by atoms with Crippen molar-refractivity contribution in [2.45, 2.75) is 145 Å². The summed E-state index contributed by atoms with van der Waals surface area (Å²) in [7, 11) is 0.750. The summed E-state index contributed by atoms with van der Waals surface area (Å²) in [6.07, 6.45) is 33.0. The molecular formula is C69H91Cl2N16NaO5. The third kappa shape index (κ3) is 15.1. The van der Waals surface area contributed by atoms with Gasteiger partial charge in [-0.15, -0.1) is 12.4 Å². The number of hydrogen-bond donors (Lipinski definition) is 1. The molecule has 5 fully saturated rings. The van der Waals surface area contributed by atoms with Gasteiger partial charge in [0, 0.05) is 135 Å². The molecule has 9 atom stereocenters. The molecule has 4 unspecified atom stereocenters. The van der Waals surface area contributed by atoms with Crippen molar-refractivity contribution in [1.82, 2.24) is 55.5 Å². The maximum atomic E-state index is 12.6. The van der Waals surface area contributed by atoms with Gasteiger partial charge in [-0.3, -0.25) is 24.7 Å². The first-order valence-electron chi connectivity index (χ1n) is 31.7. The number of nitrogens with one attached hydrogen (secondary N) is 1. The summed E-state index contributed by atoms with van der Waals surface area (Å²) in [4.78, 5) is 72.1. The van der Waals surface area contributed by atoms with E-state index in [0.29, 0.717) is 34.7 Å². The summed E-state index contributed by atoms with van der Waals surface area (Å²) in [6, 6.07) is -0.502. The largest absolute Gasteiger partial charge is 1.00 e. The van der Waals surface area contributed by atoms with Gasteiger partial charge in [0.25, 0.3) is 6.04 Å². The van der Waals surface area contributed by atoms with Gasteiger partial charge in [0.1, 0.15) is 34.1 Å². The van der Waals surface area contributed by atoms with Crippen LogP contribution in [0.3, 0.4) is 0 Å². The maximum Gasteiger partial charge on any atom is 1.00 e. The molecule has 8 aliphatic rings. The average Bonchev–Trinajstić information content (AvgIpc) is 1.73. The molecule has 14 rings (SSSR count). The van der Waals surface area contributed by atoms with Crippen LogP contribution in [0.4, 0.5) is 17.5 Å². The van der Waals surface area contributed by atoms with Crippen molar-refractivity contribution in [2.75, 3.05) is 74.2 Å². The molecule has 0 radical (unpaired) electrons. The van der Waals surface area contributed by atoms with E-state index >= 15 is 0 Å². The predicted octanol–water partition coefficient (Wildman–Crippen LogP) is 7.80. The summed E-state index contributed by atoms with van der Waals surface area (Å²) >= 11 is 5.37. The minimum absolute atomic E-state index is 0. The molecule has 0 amide bonds. The van der Waals surface area contributed by atoms with Crippen LogP contribution in [-0.2, 0) is 33.3 Å². The van der Waals surface area contributed by atoms with Gasteiger partial charge in [0.2, 0.25) is 11.5 Å². The number of allylic oxidation sites excluding steroid dienone is 1. The topological polar surface area (TPSA) is 243 Å². The number of piperidine rings is 4. The molecule has 0 bridgehead atoms. The van der Waals surface area contributed by atoms with E-state index in [2.05, 4.69) is 135 Å². The van der Waals surface area contributed by atoms with E-state index in [1.54, 1.807) is 62.0 Å². The Morgan fingerprint density at radius 2 is 1.00 bits per heavy atom. The van der Waals surface area contributed by atoms with Gasteiger partial charge in [0.05, 0.1) is 43.8 Å². The van der Waals surface area contributed by atoms with E-state index in [9.17, 15) is 9.59 Å². The van der Waals surface area contributed by atoms with Gasteiger partial charge in [-0.25, -0.2) is 31.4 Å². The molecule has 6 aromatic heterocycles. The van der Waals surface area contributed by atoms with Crippen LogP contribution in [0.15, 0.2) is 108 Å². The molecule has 10 heterocycles. The SMILES string of the molecule is CC1(C)c2oncc2C[C@@]2(C)CN(c3cnccn3)CCC12.CC1(C)c2oncc2C[C@@]2(C)CNCCC12.C[O-].Cl.Clc1cnccn1.[C-]#[N+]C1=C[C@@]2(C)CN(c3cnccn3)CC[C@@H]2C(C)(C)C1=O.[C-]#[N+]C1C[C@@]2(C)CN(c3cnccn3)CCC2C(C)(C)C1=O.[Na+]. The van der Waals surface area contributed by atoms with Crippen LogP contribution >= 0.6 is 24.0 Å². The first-order chi connectivity index (χ1) is 43.2. The second kappa shape index (κ2) is 29.8.